The third-order valence-electron chi connectivity index (χ3n) is 1.38. The number of hydrogen-bond acceptors (Lipinski definition) is 0. The van der Waals surface area contributed by atoms with Gasteiger partial charge in [0.15, 0.2) is 0 Å². The van der Waals surface area contributed by atoms with Gasteiger partial charge in [-0.15, -0.1) is 17.7 Å². The fraction of sp³-hybridized carbons (Fsp3) is 0.500. The van der Waals surface area contributed by atoms with Gasteiger partial charge in [0.05, 0.1) is 0 Å². The average molecular weight is 201 g/mol. The summed E-state index contributed by atoms with van der Waals surface area (Å²) in [6, 6.07) is -3.32. The molecule has 1 rings (SSSR count). The third-order valence-corrected chi connectivity index (χ3v) is 1.38. The molecule has 1 aromatic rings. The van der Waals surface area contributed by atoms with Gasteiger partial charge in [-0.3, -0.25) is 0 Å². The summed E-state index contributed by atoms with van der Waals surface area (Å²) in [5, 5.41) is 0. The maximum atomic E-state index is 12.4. The van der Waals surface area contributed by atoms with E-state index < -0.39 is 12.3 Å². The van der Waals surface area contributed by atoms with Crippen molar-refractivity contribution < 1.29 is 26.5 Å². The predicted octanol–water partition coefficient (Wildman–Crippen LogP) is 1.82. The highest BCUT2D eigenvalue weighted by molar-refractivity contribution is 4.69. The number of rotatable bonds is 1. The number of imidazole rings is 1. The predicted molar refractivity (Wildman–Crippen MR) is 31.8 cm³/mol. The van der Waals surface area contributed by atoms with Gasteiger partial charge >= 0.3 is 12.3 Å². The van der Waals surface area contributed by atoms with Gasteiger partial charge < -0.3 is 0 Å². The molecule has 0 fully saturated rings. The summed E-state index contributed by atoms with van der Waals surface area (Å²) in [6.45, 7) is 0.508. The summed E-state index contributed by atoms with van der Waals surface area (Å²) in [5.74, 6) is 0. The van der Waals surface area contributed by atoms with Crippen LogP contribution in [0, 0.1) is 0 Å². The lowest BCUT2D eigenvalue weighted by atomic mass is 10.6. The van der Waals surface area contributed by atoms with E-state index in [4.69, 9.17) is 0 Å². The molecule has 0 aliphatic rings. The summed E-state index contributed by atoms with van der Waals surface area (Å²) in [7, 11) is 0. The molecule has 0 bridgehead atoms. The van der Waals surface area contributed by atoms with Crippen molar-refractivity contribution in [1.82, 2.24) is 4.57 Å². The molecule has 0 saturated carbocycles. The minimum Gasteiger partial charge on any atom is -0.174 e. The van der Waals surface area contributed by atoms with E-state index in [0.29, 0.717) is 25.6 Å². The van der Waals surface area contributed by atoms with Crippen LogP contribution in [-0.4, -0.2) is 4.57 Å². The molecule has 0 radical (unpaired) electrons. The number of nitrogens with zero attached hydrogens (tertiary/aromatic N) is 2. The molecular weight excluding hydrogens is 195 g/mol. The Bertz CT molecular complexity index is 266. The van der Waals surface area contributed by atoms with Crippen molar-refractivity contribution in [2.24, 2.45) is 0 Å². The lowest BCUT2D eigenvalue weighted by Crippen LogP contribution is -2.46. The number of alkyl halides is 5. The summed E-state index contributed by atoms with van der Waals surface area (Å²) < 4.78 is 60.5. The third kappa shape index (κ3) is 2.16. The zero-order valence-electron chi connectivity index (χ0n) is 6.52. The lowest BCUT2D eigenvalue weighted by molar-refractivity contribution is -0.819. The van der Waals surface area contributed by atoms with Crippen LogP contribution in [-0.2, 0) is 12.3 Å². The Balaban J connectivity index is 3.01. The Kier molecular flexibility index (Phi) is 2.05. The summed E-state index contributed by atoms with van der Waals surface area (Å²) in [5.41, 5.74) is 0. The maximum absolute atomic E-state index is 12.4. The van der Waals surface area contributed by atoms with Gasteiger partial charge in [-0.05, 0) is 0 Å². The van der Waals surface area contributed by atoms with Crippen LogP contribution >= 0.6 is 0 Å². The van der Waals surface area contributed by atoms with Crippen LogP contribution in [0.5, 0.6) is 0 Å². The maximum Gasteiger partial charge on any atom is 0.567 e. The lowest BCUT2D eigenvalue weighted by Gasteiger charge is -2.04. The molecule has 13 heavy (non-hydrogen) atoms. The van der Waals surface area contributed by atoms with Gasteiger partial charge in [0, 0.05) is 6.92 Å². The molecule has 0 saturated heterocycles. The van der Waals surface area contributed by atoms with Crippen molar-refractivity contribution in [1.29, 1.82) is 0 Å². The van der Waals surface area contributed by atoms with Gasteiger partial charge in [0.1, 0.15) is 12.4 Å². The smallest absolute Gasteiger partial charge is 0.174 e. The SMILES string of the molecule is CC(F)(F)[n+]1ccn(C(F)(F)F)c1. The normalized spacial score (nSPS) is 13.4. The molecule has 0 aromatic carbocycles. The quantitative estimate of drug-likeness (QED) is 0.484. The van der Waals surface area contributed by atoms with Crippen molar-refractivity contribution in [2.45, 2.75) is 19.3 Å². The van der Waals surface area contributed by atoms with E-state index in [9.17, 15) is 22.0 Å². The molecule has 0 aliphatic carbocycles. The van der Waals surface area contributed by atoms with Crippen LogP contribution in [0.1, 0.15) is 6.92 Å². The monoisotopic (exact) mass is 201 g/mol. The van der Waals surface area contributed by atoms with E-state index in [0.717, 1.165) is 0 Å². The van der Waals surface area contributed by atoms with E-state index in [1.54, 1.807) is 0 Å². The minimum atomic E-state index is -4.66. The topological polar surface area (TPSA) is 8.81 Å². The summed E-state index contributed by atoms with van der Waals surface area (Å²) in [6.07, 6.45) is -3.18. The zero-order chi connectivity index (χ0) is 10.3. The zero-order valence-corrected chi connectivity index (χ0v) is 6.52. The summed E-state index contributed by atoms with van der Waals surface area (Å²) in [4.78, 5) is 0. The largest absolute Gasteiger partial charge is 0.567 e. The van der Waals surface area contributed by atoms with Gasteiger partial charge in [-0.2, -0.15) is 13.3 Å². The Labute approximate surface area is 70.2 Å². The van der Waals surface area contributed by atoms with Crippen LogP contribution in [0.2, 0.25) is 0 Å². The highest BCUT2D eigenvalue weighted by atomic mass is 19.4. The Morgan fingerprint density at radius 1 is 1.15 bits per heavy atom. The van der Waals surface area contributed by atoms with E-state index in [1.165, 1.54) is 0 Å². The first-order valence-electron chi connectivity index (χ1n) is 3.26. The Morgan fingerprint density at radius 3 is 1.92 bits per heavy atom. The van der Waals surface area contributed by atoms with Crippen molar-refractivity contribution >= 4 is 0 Å². The molecule has 2 nitrogen and oxygen atoms in total. The van der Waals surface area contributed by atoms with Gasteiger partial charge in [0.2, 0.25) is 0 Å². The van der Waals surface area contributed by atoms with Crippen LogP contribution in [0.25, 0.3) is 0 Å². The first-order valence-corrected chi connectivity index (χ1v) is 3.26. The van der Waals surface area contributed by atoms with Crippen LogP contribution in [0.3, 0.4) is 0 Å². The molecule has 0 unspecified atom stereocenters. The molecule has 1 heterocycles. The standard InChI is InChI=1S/C6H6F5N2/c1-5(7,8)12-2-3-13(4-12)6(9,10)11/h2-4H,1H3/q+1. The molecule has 7 heteroatoms. The second kappa shape index (κ2) is 2.68. The van der Waals surface area contributed by atoms with Gasteiger partial charge in [-0.25, -0.2) is 0 Å². The van der Waals surface area contributed by atoms with Crippen LogP contribution in [0.4, 0.5) is 22.0 Å². The van der Waals surface area contributed by atoms with E-state index in [2.05, 4.69) is 0 Å². The highest BCUT2D eigenvalue weighted by Crippen LogP contribution is 2.21. The molecule has 0 N–H and O–H groups in total. The molecule has 0 aliphatic heterocycles. The second-order valence-corrected chi connectivity index (χ2v) is 2.54. The molecule has 0 spiro atoms. The molecule has 1 aromatic heterocycles. The highest BCUT2D eigenvalue weighted by Gasteiger charge is 2.40. The van der Waals surface area contributed by atoms with E-state index in [-0.39, 0.29) is 9.13 Å². The average Bonchev–Trinajstić information content (AvgIpc) is 2.28. The fourth-order valence-electron chi connectivity index (χ4n) is 0.737. The van der Waals surface area contributed by atoms with Crippen LogP contribution < -0.4 is 4.57 Å². The van der Waals surface area contributed by atoms with E-state index in [1.807, 2.05) is 0 Å². The first-order chi connectivity index (χ1) is 5.71. The number of aromatic nitrogens is 2. The number of hydrogen-bond donors (Lipinski definition) is 0. The second-order valence-electron chi connectivity index (χ2n) is 2.54. The van der Waals surface area contributed by atoms with Crippen molar-refractivity contribution in [3.63, 3.8) is 0 Å². The van der Waals surface area contributed by atoms with Crippen LogP contribution in [0.15, 0.2) is 18.7 Å². The van der Waals surface area contributed by atoms with E-state index >= 15 is 0 Å². The molecule has 74 valence electrons. The van der Waals surface area contributed by atoms with Gasteiger partial charge in [-0.1, -0.05) is 0 Å². The summed E-state index contributed by atoms with van der Waals surface area (Å²) >= 11 is 0. The van der Waals surface area contributed by atoms with Crippen molar-refractivity contribution in [3.8, 4) is 0 Å². The molecule has 0 atom stereocenters. The van der Waals surface area contributed by atoms with Gasteiger partial charge in [0.25, 0.3) is 6.33 Å². The number of halogens is 5. The Morgan fingerprint density at radius 2 is 1.69 bits per heavy atom. The van der Waals surface area contributed by atoms with Crippen molar-refractivity contribution in [2.75, 3.05) is 0 Å². The Hall–Kier alpha value is -1.14. The minimum absolute atomic E-state index is 0.181. The molecule has 0 amide bonds. The van der Waals surface area contributed by atoms with Crippen molar-refractivity contribution in [3.05, 3.63) is 18.7 Å². The molecular formula is C6H6F5N2+. The first kappa shape index (κ1) is 9.94. The fourth-order valence-corrected chi connectivity index (χ4v) is 0.737.